The Morgan fingerprint density at radius 1 is 1.07 bits per heavy atom. The maximum absolute atomic E-state index is 12.4. The minimum absolute atomic E-state index is 0.0428. The topological polar surface area (TPSA) is 89.4 Å². The van der Waals surface area contributed by atoms with Crippen molar-refractivity contribution in [2.75, 3.05) is 0 Å². The number of phenols is 1. The van der Waals surface area contributed by atoms with Gasteiger partial charge in [0.15, 0.2) is 11.3 Å². The van der Waals surface area contributed by atoms with Gasteiger partial charge in [-0.2, -0.15) is 4.98 Å². The summed E-state index contributed by atoms with van der Waals surface area (Å²) in [7, 11) is 0. The monoisotopic (exact) mass is 396 g/mol. The van der Waals surface area contributed by atoms with Gasteiger partial charge in [0.25, 0.3) is 5.89 Å². The molecule has 0 unspecified atom stereocenters. The molecule has 0 saturated heterocycles. The Hall–Kier alpha value is -3.12. The first-order valence-electron chi connectivity index (χ1n) is 8.64. The number of aromatic hydroxyl groups is 1. The van der Waals surface area contributed by atoms with E-state index in [-0.39, 0.29) is 28.2 Å². The lowest BCUT2D eigenvalue weighted by Crippen LogP contribution is -2.11. The fraction of sp³-hybridized carbons (Fsp3) is 0.190. The third kappa shape index (κ3) is 3.27. The fourth-order valence-electron chi connectivity index (χ4n) is 2.85. The van der Waals surface area contributed by atoms with Crippen LogP contribution in [-0.4, -0.2) is 15.2 Å². The molecular weight excluding hydrogens is 380 g/mol. The molecule has 0 spiro atoms. The van der Waals surface area contributed by atoms with Crippen LogP contribution in [-0.2, 0) is 5.41 Å². The zero-order valence-electron chi connectivity index (χ0n) is 15.5. The van der Waals surface area contributed by atoms with Gasteiger partial charge in [-0.15, -0.1) is 0 Å². The van der Waals surface area contributed by atoms with Crippen LogP contribution >= 0.6 is 11.6 Å². The molecule has 0 atom stereocenters. The average Bonchev–Trinajstić information content (AvgIpc) is 3.11. The molecule has 4 aromatic rings. The van der Waals surface area contributed by atoms with E-state index in [0.29, 0.717) is 21.8 Å². The van der Waals surface area contributed by atoms with E-state index in [2.05, 4.69) is 10.1 Å². The Labute approximate surface area is 165 Å². The molecule has 2 aromatic carbocycles. The van der Waals surface area contributed by atoms with Crippen molar-refractivity contribution in [3.05, 3.63) is 63.5 Å². The zero-order valence-corrected chi connectivity index (χ0v) is 16.2. The lowest BCUT2D eigenvalue weighted by molar-refractivity contribution is 0.427. The van der Waals surface area contributed by atoms with Gasteiger partial charge in [-0.05, 0) is 53.4 Å². The predicted octanol–water partition coefficient (Wildman–Crippen LogP) is 5.17. The Morgan fingerprint density at radius 3 is 2.46 bits per heavy atom. The van der Waals surface area contributed by atoms with E-state index in [1.54, 1.807) is 36.4 Å². The number of hydrogen-bond acceptors (Lipinski definition) is 6. The molecule has 6 nitrogen and oxygen atoms in total. The van der Waals surface area contributed by atoms with Gasteiger partial charge in [-0.3, -0.25) is 0 Å². The Morgan fingerprint density at radius 2 is 1.79 bits per heavy atom. The van der Waals surface area contributed by atoms with Gasteiger partial charge in [0.1, 0.15) is 5.56 Å². The Kier molecular flexibility index (Phi) is 4.23. The van der Waals surface area contributed by atoms with E-state index in [0.717, 1.165) is 5.56 Å². The molecule has 0 aliphatic heterocycles. The van der Waals surface area contributed by atoms with Crippen molar-refractivity contribution in [2.24, 2.45) is 0 Å². The number of fused-ring (bicyclic) bond motifs is 1. The van der Waals surface area contributed by atoms with Gasteiger partial charge >= 0.3 is 5.63 Å². The van der Waals surface area contributed by atoms with Gasteiger partial charge in [0.2, 0.25) is 5.82 Å². The summed E-state index contributed by atoms with van der Waals surface area (Å²) in [5.74, 6) is 0.289. The van der Waals surface area contributed by atoms with Crippen molar-refractivity contribution in [1.82, 2.24) is 10.1 Å². The second kappa shape index (κ2) is 6.49. The second-order valence-electron chi connectivity index (χ2n) is 7.54. The summed E-state index contributed by atoms with van der Waals surface area (Å²) in [4.78, 5) is 16.7. The highest BCUT2D eigenvalue weighted by Crippen LogP contribution is 2.33. The molecule has 28 heavy (non-hydrogen) atoms. The third-order valence-electron chi connectivity index (χ3n) is 4.44. The minimum atomic E-state index is -0.669. The molecule has 0 bridgehead atoms. The molecule has 0 aliphatic rings. The molecule has 0 amide bonds. The molecule has 142 valence electrons. The van der Waals surface area contributed by atoms with Crippen molar-refractivity contribution in [1.29, 1.82) is 0 Å². The van der Waals surface area contributed by atoms with Crippen LogP contribution < -0.4 is 5.63 Å². The highest BCUT2D eigenvalue weighted by Gasteiger charge is 2.20. The largest absolute Gasteiger partial charge is 0.504 e. The molecule has 0 radical (unpaired) electrons. The van der Waals surface area contributed by atoms with Crippen LogP contribution in [0.4, 0.5) is 0 Å². The molecule has 4 rings (SSSR count). The van der Waals surface area contributed by atoms with E-state index < -0.39 is 5.63 Å². The predicted molar refractivity (Wildman–Crippen MR) is 107 cm³/mol. The first-order valence-corrected chi connectivity index (χ1v) is 9.01. The highest BCUT2D eigenvalue weighted by atomic mass is 35.5. The van der Waals surface area contributed by atoms with Crippen LogP contribution in [0.15, 0.2) is 56.2 Å². The van der Waals surface area contributed by atoms with Crippen LogP contribution in [0, 0.1) is 0 Å². The maximum Gasteiger partial charge on any atom is 0.349 e. The van der Waals surface area contributed by atoms with Crippen LogP contribution in [0.1, 0.15) is 26.3 Å². The van der Waals surface area contributed by atoms with E-state index >= 15 is 0 Å². The summed E-state index contributed by atoms with van der Waals surface area (Å²) in [6.45, 7) is 6.10. The number of phenolic OH excluding ortho intramolecular Hbond substituents is 1. The number of nitrogens with zero attached hydrogens (tertiary/aromatic N) is 2. The van der Waals surface area contributed by atoms with Crippen molar-refractivity contribution in [3.63, 3.8) is 0 Å². The lowest BCUT2D eigenvalue weighted by Gasteiger charge is -2.19. The van der Waals surface area contributed by atoms with Crippen LogP contribution in [0.25, 0.3) is 33.8 Å². The third-order valence-corrected chi connectivity index (χ3v) is 4.69. The van der Waals surface area contributed by atoms with Crippen molar-refractivity contribution < 1.29 is 14.0 Å². The zero-order chi connectivity index (χ0) is 20.1. The normalized spacial score (nSPS) is 11.9. The van der Waals surface area contributed by atoms with Crippen LogP contribution in [0.3, 0.4) is 0 Å². The Balaban J connectivity index is 1.84. The smallest absolute Gasteiger partial charge is 0.349 e. The number of rotatable bonds is 2. The van der Waals surface area contributed by atoms with E-state index in [1.165, 1.54) is 0 Å². The first kappa shape index (κ1) is 18.3. The molecular formula is C21H17ClN2O4. The molecule has 0 fully saturated rings. The minimum Gasteiger partial charge on any atom is -0.504 e. The van der Waals surface area contributed by atoms with Crippen LogP contribution in [0.2, 0.25) is 5.02 Å². The quantitative estimate of drug-likeness (QED) is 0.470. The maximum atomic E-state index is 12.4. The first-order chi connectivity index (χ1) is 13.2. The molecule has 2 aromatic heterocycles. The summed E-state index contributed by atoms with van der Waals surface area (Å²) in [6.07, 6.45) is 0. The van der Waals surface area contributed by atoms with Gasteiger partial charge in [-0.25, -0.2) is 4.79 Å². The average molecular weight is 397 g/mol. The van der Waals surface area contributed by atoms with Gasteiger partial charge in [0, 0.05) is 16.0 Å². The summed E-state index contributed by atoms with van der Waals surface area (Å²) < 4.78 is 10.6. The molecule has 0 saturated carbocycles. The van der Waals surface area contributed by atoms with Crippen molar-refractivity contribution in [3.8, 4) is 28.6 Å². The summed E-state index contributed by atoms with van der Waals surface area (Å²) in [6, 6.07) is 12.0. The number of benzene rings is 2. The van der Waals surface area contributed by atoms with Crippen LogP contribution in [0.5, 0.6) is 5.75 Å². The molecule has 0 aliphatic carbocycles. The summed E-state index contributed by atoms with van der Waals surface area (Å²) >= 11 is 5.90. The van der Waals surface area contributed by atoms with Crippen molar-refractivity contribution >= 4 is 22.6 Å². The van der Waals surface area contributed by atoms with E-state index in [4.69, 9.17) is 20.5 Å². The van der Waals surface area contributed by atoms with Crippen molar-refractivity contribution in [2.45, 2.75) is 26.2 Å². The van der Waals surface area contributed by atoms with E-state index in [1.807, 2.05) is 26.8 Å². The number of halogens is 1. The second-order valence-corrected chi connectivity index (χ2v) is 7.98. The fourth-order valence-corrected chi connectivity index (χ4v) is 2.97. The molecule has 1 N–H and O–H groups in total. The van der Waals surface area contributed by atoms with E-state index in [9.17, 15) is 9.90 Å². The standard InChI is InChI=1S/C21H17ClN2O4/c1-21(2,3)13-8-12-9-15(20(26)27-17(12)16(25)10-13)19-23-18(24-28-19)11-4-6-14(22)7-5-11/h4-10,25H,1-3H3. The number of hydrogen-bond donors (Lipinski definition) is 1. The van der Waals surface area contributed by atoms with Gasteiger partial charge < -0.3 is 14.0 Å². The summed E-state index contributed by atoms with van der Waals surface area (Å²) in [5, 5.41) is 15.4. The molecule has 7 heteroatoms. The summed E-state index contributed by atoms with van der Waals surface area (Å²) in [5.41, 5.74) is 1.01. The van der Waals surface area contributed by atoms with Gasteiger partial charge in [0.05, 0.1) is 0 Å². The number of aromatic nitrogens is 2. The molecule has 2 heterocycles. The van der Waals surface area contributed by atoms with Gasteiger partial charge in [-0.1, -0.05) is 37.5 Å². The lowest BCUT2D eigenvalue weighted by atomic mass is 9.86. The Bertz CT molecular complexity index is 1230. The highest BCUT2D eigenvalue weighted by molar-refractivity contribution is 6.30. The SMILES string of the molecule is CC(C)(C)c1cc(O)c2oc(=O)c(-c3nc(-c4ccc(Cl)cc4)no3)cc2c1.